The molecule has 0 spiro atoms. The molecule has 0 unspecified atom stereocenters. The Morgan fingerprint density at radius 2 is 2.00 bits per heavy atom. The molecule has 1 amide bonds. The van der Waals surface area contributed by atoms with Crippen molar-refractivity contribution in [2.24, 2.45) is 0 Å². The number of halogens is 1. The Morgan fingerprint density at radius 1 is 1.17 bits per heavy atom. The number of para-hydroxylation sites is 1. The summed E-state index contributed by atoms with van der Waals surface area (Å²) in [5, 5.41) is 12.0. The number of benzene rings is 2. The van der Waals surface area contributed by atoms with Gasteiger partial charge in [-0.3, -0.25) is 10.1 Å². The Hall–Kier alpha value is -2.25. The number of anilines is 1. The van der Waals surface area contributed by atoms with Crippen molar-refractivity contribution in [2.45, 2.75) is 0 Å². The Morgan fingerprint density at radius 3 is 2.78 bits per heavy atom. The van der Waals surface area contributed by atoms with Crippen LogP contribution in [0.1, 0.15) is 10.4 Å². The van der Waals surface area contributed by atoms with Crippen LogP contribution in [0.5, 0.6) is 5.75 Å². The Bertz CT molecular complexity index is 851. The number of amides is 1. The first-order chi connectivity index (χ1) is 11.2. The minimum Gasteiger partial charge on any atom is -0.496 e. The summed E-state index contributed by atoms with van der Waals surface area (Å²) in [5.41, 5.74) is 1.39. The molecule has 0 saturated carbocycles. The van der Waals surface area contributed by atoms with Crippen molar-refractivity contribution < 1.29 is 9.53 Å². The van der Waals surface area contributed by atoms with Gasteiger partial charge in [-0.05, 0) is 30.3 Å². The van der Waals surface area contributed by atoms with Crippen molar-refractivity contribution in [3.63, 3.8) is 0 Å². The van der Waals surface area contributed by atoms with E-state index < -0.39 is 0 Å². The number of ether oxygens (including phenoxy) is 1. The predicted molar refractivity (Wildman–Crippen MR) is 94.0 cm³/mol. The van der Waals surface area contributed by atoms with Crippen molar-refractivity contribution >= 4 is 38.3 Å². The van der Waals surface area contributed by atoms with Gasteiger partial charge in [0.2, 0.25) is 5.13 Å². The van der Waals surface area contributed by atoms with E-state index in [1.54, 1.807) is 25.3 Å². The van der Waals surface area contributed by atoms with Crippen LogP contribution in [0.2, 0.25) is 0 Å². The fraction of sp³-hybridized carbons (Fsp3) is 0.0625. The molecule has 3 rings (SSSR count). The van der Waals surface area contributed by atoms with E-state index in [1.165, 1.54) is 11.3 Å². The number of methoxy groups -OCH3 is 1. The average molecular weight is 390 g/mol. The second-order valence-electron chi connectivity index (χ2n) is 4.58. The van der Waals surface area contributed by atoms with Gasteiger partial charge in [0, 0.05) is 10.0 Å². The van der Waals surface area contributed by atoms with E-state index in [1.807, 2.05) is 30.3 Å². The smallest absolute Gasteiger partial charge is 0.257 e. The lowest BCUT2D eigenvalue weighted by molar-refractivity contribution is 0.102. The molecule has 0 bridgehead atoms. The van der Waals surface area contributed by atoms with E-state index >= 15 is 0 Å². The van der Waals surface area contributed by atoms with Crippen LogP contribution in [0.25, 0.3) is 10.6 Å². The van der Waals surface area contributed by atoms with E-state index in [9.17, 15) is 4.79 Å². The maximum Gasteiger partial charge on any atom is 0.257 e. The lowest BCUT2D eigenvalue weighted by Gasteiger charge is -2.04. The van der Waals surface area contributed by atoms with Gasteiger partial charge in [0.25, 0.3) is 5.91 Å². The molecule has 0 fully saturated rings. The summed E-state index contributed by atoms with van der Waals surface area (Å²) in [6.45, 7) is 0. The van der Waals surface area contributed by atoms with Crippen LogP contribution in [0.3, 0.4) is 0 Å². The Kier molecular flexibility index (Phi) is 4.68. The first-order valence-electron chi connectivity index (χ1n) is 6.71. The van der Waals surface area contributed by atoms with Crippen LogP contribution >= 0.6 is 27.3 Å². The molecule has 1 N–H and O–H groups in total. The molecule has 0 aliphatic heterocycles. The molecule has 1 heterocycles. The zero-order valence-corrected chi connectivity index (χ0v) is 14.5. The largest absolute Gasteiger partial charge is 0.496 e. The highest BCUT2D eigenvalue weighted by molar-refractivity contribution is 9.10. The van der Waals surface area contributed by atoms with Crippen LogP contribution in [-0.2, 0) is 0 Å². The molecule has 0 aliphatic rings. The van der Waals surface area contributed by atoms with Gasteiger partial charge in [0.05, 0.1) is 12.7 Å². The fourth-order valence-electron chi connectivity index (χ4n) is 2.00. The Balaban J connectivity index is 1.81. The Labute approximate surface area is 145 Å². The first-order valence-corrected chi connectivity index (χ1v) is 8.32. The maximum absolute atomic E-state index is 12.2. The highest BCUT2D eigenvalue weighted by Crippen LogP contribution is 2.33. The van der Waals surface area contributed by atoms with Crippen LogP contribution in [0, 0.1) is 0 Å². The molecule has 0 saturated heterocycles. The standard InChI is InChI=1S/C16H12BrN3O2S/c1-22-13-8-3-2-7-12(13)15-19-20-16(23-15)18-14(21)10-5-4-6-11(17)9-10/h2-9H,1H3,(H,18,20,21). The van der Waals surface area contributed by atoms with Gasteiger partial charge in [0.15, 0.2) is 5.01 Å². The highest BCUT2D eigenvalue weighted by atomic mass is 79.9. The normalized spacial score (nSPS) is 10.3. The average Bonchev–Trinajstić information content (AvgIpc) is 3.03. The summed E-state index contributed by atoms with van der Waals surface area (Å²) in [5.74, 6) is 0.488. The van der Waals surface area contributed by atoms with E-state index in [-0.39, 0.29) is 5.91 Å². The molecule has 3 aromatic rings. The molecule has 1 aromatic heterocycles. The number of nitrogens with zero attached hydrogens (tertiary/aromatic N) is 2. The summed E-state index contributed by atoms with van der Waals surface area (Å²) in [4.78, 5) is 12.2. The van der Waals surface area contributed by atoms with Crippen LogP contribution in [0.4, 0.5) is 5.13 Å². The van der Waals surface area contributed by atoms with Gasteiger partial charge in [0.1, 0.15) is 5.75 Å². The summed E-state index contributed by atoms with van der Waals surface area (Å²) in [6, 6.07) is 14.7. The number of carbonyl (C=O) groups excluding carboxylic acids is 1. The third-order valence-corrected chi connectivity index (χ3v) is 4.43. The molecule has 2 aromatic carbocycles. The van der Waals surface area contributed by atoms with Gasteiger partial charge in [-0.25, -0.2) is 0 Å². The third-order valence-electron chi connectivity index (χ3n) is 3.07. The first kappa shape index (κ1) is 15.6. The fourth-order valence-corrected chi connectivity index (χ4v) is 3.17. The summed E-state index contributed by atoms with van der Waals surface area (Å²) in [7, 11) is 1.61. The van der Waals surface area contributed by atoms with Crippen molar-refractivity contribution in [1.82, 2.24) is 10.2 Å². The summed E-state index contributed by atoms with van der Waals surface area (Å²) >= 11 is 4.64. The highest BCUT2D eigenvalue weighted by Gasteiger charge is 2.13. The van der Waals surface area contributed by atoms with Crippen molar-refractivity contribution in [3.05, 3.63) is 58.6 Å². The SMILES string of the molecule is COc1ccccc1-c1nnc(NC(=O)c2cccc(Br)c2)s1. The van der Waals surface area contributed by atoms with Crippen molar-refractivity contribution in [2.75, 3.05) is 12.4 Å². The van der Waals surface area contributed by atoms with Crippen LogP contribution in [0.15, 0.2) is 53.0 Å². The third kappa shape index (κ3) is 3.57. The zero-order chi connectivity index (χ0) is 16.2. The predicted octanol–water partition coefficient (Wildman–Crippen LogP) is 4.23. The molecule has 0 aliphatic carbocycles. The minimum atomic E-state index is -0.228. The lowest BCUT2D eigenvalue weighted by Crippen LogP contribution is -2.11. The van der Waals surface area contributed by atoms with Gasteiger partial charge in [-0.15, -0.1) is 10.2 Å². The lowest BCUT2D eigenvalue weighted by atomic mass is 10.2. The molecule has 7 heteroatoms. The number of aromatic nitrogens is 2. The van der Waals surface area contributed by atoms with E-state index in [4.69, 9.17) is 4.74 Å². The van der Waals surface area contributed by atoms with Gasteiger partial charge < -0.3 is 4.74 Å². The monoisotopic (exact) mass is 389 g/mol. The van der Waals surface area contributed by atoms with Crippen LogP contribution < -0.4 is 10.1 Å². The molecular weight excluding hydrogens is 378 g/mol. The molecule has 0 atom stereocenters. The van der Waals surface area contributed by atoms with E-state index in [2.05, 4.69) is 31.4 Å². The number of hydrogen-bond acceptors (Lipinski definition) is 5. The molecule has 23 heavy (non-hydrogen) atoms. The zero-order valence-electron chi connectivity index (χ0n) is 12.1. The summed E-state index contributed by atoms with van der Waals surface area (Å²) < 4.78 is 6.16. The van der Waals surface area contributed by atoms with Crippen LogP contribution in [-0.4, -0.2) is 23.2 Å². The summed E-state index contributed by atoms with van der Waals surface area (Å²) in [6.07, 6.45) is 0. The van der Waals surface area contributed by atoms with E-state index in [0.717, 1.165) is 10.0 Å². The molecule has 0 radical (unpaired) electrons. The second kappa shape index (κ2) is 6.89. The number of carbonyl (C=O) groups is 1. The minimum absolute atomic E-state index is 0.228. The quantitative estimate of drug-likeness (QED) is 0.724. The van der Waals surface area contributed by atoms with Gasteiger partial charge >= 0.3 is 0 Å². The van der Waals surface area contributed by atoms with Gasteiger partial charge in [-0.2, -0.15) is 0 Å². The van der Waals surface area contributed by atoms with Crippen molar-refractivity contribution in [3.8, 4) is 16.3 Å². The number of rotatable bonds is 4. The number of nitrogens with one attached hydrogen (secondary N) is 1. The second-order valence-corrected chi connectivity index (χ2v) is 6.47. The molecule has 116 valence electrons. The topological polar surface area (TPSA) is 64.1 Å². The van der Waals surface area contributed by atoms with Gasteiger partial charge in [-0.1, -0.05) is 45.5 Å². The number of hydrogen-bond donors (Lipinski definition) is 1. The molecular formula is C16H12BrN3O2S. The van der Waals surface area contributed by atoms with E-state index in [0.29, 0.717) is 21.5 Å². The molecule has 5 nitrogen and oxygen atoms in total. The maximum atomic E-state index is 12.2. The van der Waals surface area contributed by atoms with Crippen molar-refractivity contribution in [1.29, 1.82) is 0 Å².